The number of nitrogens with one attached hydrogen (secondary N) is 1. The molecule has 0 aliphatic heterocycles. The van der Waals surface area contributed by atoms with Crippen molar-refractivity contribution in [2.24, 2.45) is 0 Å². The molecule has 6 heteroatoms. The Morgan fingerprint density at radius 2 is 1.96 bits per heavy atom. The van der Waals surface area contributed by atoms with Crippen molar-refractivity contribution in [3.05, 3.63) is 16.8 Å². The predicted octanol–water partition coefficient (Wildman–Crippen LogP) is 3.28. The number of carbonyl (C=O) groups is 1. The molecule has 6 nitrogen and oxygen atoms in total. The van der Waals surface area contributed by atoms with E-state index in [0.717, 1.165) is 30.8 Å². The molecule has 128 valence electrons. The molecule has 1 amide bonds. The van der Waals surface area contributed by atoms with Gasteiger partial charge in [-0.25, -0.2) is 4.79 Å². The molecule has 0 radical (unpaired) electrons. The summed E-state index contributed by atoms with van der Waals surface area (Å²) in [4.78, 5) is 14.2. The summed E-state index contributed by atoms with van der Waals surface area (Å²) in [5, 5.41) is 12.2. The Morgan fingerprint density at radius 3 is 2.43 bits per heavy atom. The lowest BCUT2D eigenvalue weighted by atomic mass is 10.2. The smallest absolute Gasteiger partial charge is 0.413 e. The maximum absolute atomic E-state index is 12.1. The van der Waals surface area contributed by atoms with Gasteiger partial charge in [0, 0.05) is 12.2 Å². The second-order valence-corrected chi connectivity index (χ2v) is 6.98. The molecule has 0 aliphatic carbocycles. The van der Waals surface area contributed by atoms with E-state index < -0.39 is 11.7 Å². The third-order valence-corrected chi connectivity index (χ3v) is 3.55. The summed E-state index contributed by atoms with van der Waals surface area (Å²) in [7, 11) is 4.04. The fourth-order valence-corrected chi connectivity index (χ4v) is 2.36. The molecule has 0 fully saturated rings. The van der Waals surface area contributed by atoms with Crippen molar-refractivity contribution in [1.29, 1.82) is 5.26 Å². The lowest BCUT2D eigenvalue weighted by Crippen LogP contribution is -2.28. The highest BCUT2D eigenvalue weighted by atomic mass is 16.6. The minimum Gasteiger partial charge on any atom is -0.444 e. The van der Waals surface area contributed by atoms with E-state index in [-0.39, 0.29) is 0 Å². The molecule has 1 heterocycles. The number of amides is 1. The van der Waals surface area contributed by atoms with Crippen molar-refractivity contribution in [1.82, 2.24) is 9.47 Å². The Balaban J connectivity index is 3.05. The van der Waals surface area contributed by atoms with Gasteiger partial charge in [0.1, 0.15) is 17.5 Å². The molecule has 1 aromatic heterocycles. The van der Waals surface area contributed by atoms with E-state index in [1.54, 1.807) is 0 Å². The maximum Gasteiger partial charge on any atom is 0.413 e. The van der Waals surface area contributed by atoms with E-state index >= 15 is 0 Å². The van der Waals surface area contributed by atoms with Gasteiger partial charge in [-0.1, -0.05) is 0 Å². The van der Waals surface area contributed by atoms with Gasteiger partial charge in [0.2, 0.25) is 0 Å². The number of carbonyl (C=O) groups excluding carboxylic acids is 1. The molecule has 0 saturated heterocycles. The normalized spacial score (nSPS) is 11.4. The van der Waals surface area contributed by atoms with Gasteiger partial charge < -0.3 is 14.2 Å². The molecule has 0 spiro atoms. The van der Waals surface area contributed by atoms with E-state index in [2.05, 4.69) is 16.3 Å². The second kappa shape index (κ2) is 7.51. The van der Waals surface area contributed by atoms with Gasteiger partial charge >= 0.3 is 6.09 Å². The summed E-state index contributed by atoms with van der Waals surface area (Å²) in [5.74, 6) is 0.524. The monoisotopic (exact) mass is 320 g/mol. The maximum atomic E-state index is 12.1. The molecule has 23 heavy (non-hydrogen) atoms. The van der Waals surface area contributed by atoms with Crippen LogP contribution in [0.3, 0.4) is 0 Å². The van der Waals surface area contributed by atoms with Gasteiger partial charge in [-0.05, 0) is 67.2 Å². The minimum absolute atomic E-state index is 0.498. The Hall–Kier alpha value is -2.00. The summed E-state index contributed by atoms with van der Waals surface area (Å²) < 4.78 is 7.29. The van der Waals surface area contributed by atoms with Crippen molar-refractivity contribution in [3.63, 3.8) is 0 Å². The molecule has 0 aromatic carbocycles. The van der Waals surface area contributed by atoms with Crippen LogP contribution in [0, 0.1) is 25.2 Å². The van der Waals surface area contributed by atoms with E-state index in [9.17, 15) is 10.1 Å². The van der Waals surface area contributed by atoms with Crippen LogP contribution in [0.1, 0.15) is 44.0 Å². The van der Waals surface area contributed by atoms with Gasteiger partial charge in [-0.2, -0.15) is 5.26 Å². The van der Waals surface area contributed by atoms with Gasteiger partial charge in [0.15, 0.2) is 0 Å². The largest absolute Gasteiger partial charge is 0.444 e. The number of rotatable bonds is 5. The number of ether oxygens (including phenoxy) is 1. The van der Waals surface area contributed by atoms with E-state index in [1.165, 1.54) is 0 Å². The number of nitrogens with zero attached hydrogens (tertiary/aromatic N) is 3. The van der Waals surface area contributed by atoms with Crippen LogP contribution >= 0.6 is 0 Å². The highest BCUT2D eigenvalue weighted by molar-refractivity contribution is 5.86. The van der Waals surface area contributed by atoms with Crippen molar-refractivity contribution in [2.45, 2.75) is 53.2 Å². The highest BCUT2D eigenvalue weighted by Crippen LogP contribution is 2.27. The lowest BCUT2D eigenvalue weighted by molar-refractivity contribution is 0.0634. The van der Waals surface area contributed by atoms with Crippen LogP contribution in [0.2, 0.25) is 0 Å². The molecular formula is C17H28N4O2. The summed E-state index contributed by atoms with van der Waals surface area (Å²) in [5.41, 5.74) is 1.80. The van der Waals surface area contributed by atoms with E-state index in [4.69, 9.17) is 4.74 Å². The number of aromatic nitrogens is 1. The van der Waals surface area contributed by atoms with Gasteiger partial charge in [-0.3, -0.25) is 5.32 Å². The van der Waals surface area contributed by atoms with Gasteiger partial charge in [-0.15, -0.1) is 0 Å². The van der Waals surface area contributed by atoms with Crippen molar-refractivity contribution < 1.29 is 9.53 Å². The van der Waals surface area contributed by atoms with Crippen molar-refractivity contribution in [3.8, 4) is 6.07 Å². The number of nitriles is 1. The number of hydrogen-bond donors (Lipinski definition) is 1. The number of anilines is 1. The lowest BCUT2D eigenvalue weighted by Gasteiger charge is -2.20. The van der Waals surface area contributed by atoms with Crippen LogP contribution in [0.15, 0.2) is 0 Å². The molecule has 0 saturated carbocycles. The fraction of sp³-hybridized carbons (Fsp3) is 0.647. The van der Waals surface area contributed by atoms with Crippen LogP contribution in [0.5, 0.6) is 0 Å². The first-order chi connectivity index (χ1) is 10.6. The van der Waals surface area contributed by atoms with Crippen LogP contribution in [0.25, 0.3) is 0 Å². The highest BCUT2D eigenvalue weighted by Gasteiger charge is 2.22. The van der Waals surface area contributed by atoms with Crippen LogP contribution < -0.4 is 5.32 Å². The summed E-state index contributed by atoms with van der Waals surface area (Å²) >= 11 is 0. The van der Waals surface area contributed by atoms with Crippen LogP contribution in [-0.4, -0.2) is 41.8 Å². The number of hydrogen-bond acceptors (Lipinski definition) is 4. The summed E-state index contributed by atoms with van der Waals surface area (Å²) in [6, 6.07) is 2.19. The zero-order chi connectivity index (χ0) is 17.8. The van der Waals surface area contributed by atoms with Crippen molar-refractivity contribution >= 4 is 11.9 Å². The summed E-state index contributed by atoms with van der Waals surface area (Å²) in [6.45, 7) is 11.0. The Bertz CT molecular complexity index is 604. The van der Waals surface area contributed by atoms with Crippen LogP contribution in [0.4, 0.5) is 10.6 Å². The van der Waals surface area contributed by atoms with E-state index in [0.29, 0.717) is 11.4 Å². The molecule has 1 rings (SSSR count). The Morgan fingerprint density at radius 1 is 1.35 bits per heavy atom. The first kappa shape index (κ1) is 19.0. The first-order valence-corrected chi connectivity index (χ1v) is 7.81. The minimum atomic E-state index is -0.580. The summed E-state index contributed by atoms with van der Waals surface area (Å²) in [6.07, 6.45) is 0.385. The van der Waals surface area contributed by atoms with Gasteiger partial charge in [0.05, 0.1) is 5.56 Å². The third-order valence-electron chi connectivity index (χ3n) is 3.55. The quantitative estimate of drug-likeness (QED) is 0.904. The predicted molar refractivity (Wildman–Crippen MR) is 91.6 cm³/mol. The molecule has 1 N–H and O–H groups in total. The molecule has 0 bridgehead atoms. The molecular weight excluding hydrogens is 292 g/mol. The topological polar surface area (TPSA) is 70.3 Å². The average molecular weight is 320 g/mol. The molecule has 0 unspecified atom stereocenters. The molecule has 0 atom stereocenters. The Labute approximate surface area is 139 Å². The second-order valence-electron chi connectivity index (χ2n) is 6.98. The Kier molecular flexibility index (Phi) is 6.22. The standard InChI is InChI=1S/C17H28N4O2/c1-12-13(2)21(10-8-9-20(6)7)15(14(12)11-18)19-16(22)23-17(3,4)5/h8-10H2,1-7H3,(H,19,22). The molecule has 0 aliphatic rings. The zero-order valence-corrected chi connectivity index (χ0v) is 15.3. The van der Waals surface area contributed by atoms with E-state index in [1.807, 2.05) is 53.3 Å². The SMILES string of the molecule is Cc1c(C#N)c(NC(=O)OC(C)(C)C)n(CCCN(C)C)c1C. The average Bonchev–Trinajstić information content (AvgIpc) is 2.60. The van der Waals surface area contributed by atoms with Crippen molar-refractivity contribution in [2.75, 3.05) is 26.0 Å². The van der Waals surface area contributed by atoms with Crippen LogP contribution in [-0.2, 0) is 11.3 Å². The van der Waals surface area contributed by atoms with Gasteiger partial charge in [0.25, 0.3) is 0 Å². The molecule has 1 aromatic rings. The third kappa shape index (κ3) is 5.29. The fourth-order valence-electron chi connectivity index (χ4n) is 2.36. The first-order valence-electron chi connectivity index (χ1n) is 7.81. The zero-order valence-electron chi connectivity index (χ0n) is 15.3.